The number of carboxylic acids is 1. The van der Waals surface area contributed by atoms with E-state index in [1.807, 2.05) is 6.92 Å². The maximum absolute atomic E-state index is 12.9. The van der Waals surface area contributed by atoms with Gasteiger partial charge in [-0.05, 0) is 24.1 Å². The van der Waals surface area contributed by atoms with Crippen molar-refractivity contribution in [3.05, 3.63) is 81.9 Å². The van der Waals surface area contributed by atoms with Crippen molar-refractivity contribution in [2.75, 3.05) is 12.4 Å². The summed E-state index contributed by atoms with van der Waals surface area (Å²) in [6.45, 7) is 2.24. The number of aromatic carboxylic acids is 1. The molecule has 172 valence electrons. The Bertz CT molecular complexity index is 1200. The van der Waals surface area contributed by atoms with E-state index in [2.05, 4.69) is 10.3 Å². The molecule has 0 aliphatic rings. The van der Waals surface area contributed by atoms with Crippen LogP contribution in [0.25, 0.3) is 0 Å². The number of halogens is 1. The van der Waals surface area contributed by atoms with Gasteiger partial charge in [-0.25, -0.2) is 9.78 Å². The van der Waals surface area contributed by atoms with Crippen LogP contribution >= 0.6 is 11.6 Å². The Labute approximate surface area is 224 Å². The van der Waals surface area contributed by atoms with Crippen LogP contribution in [-0.2, 0) is 17.7 Å². The van der Waals surface area contributed by atoms with Crippen LogP contribution in [0.5, 0.6) is 0 Å². The number of aromatic nitrogens is 2. The summed E-state index contributed by atoms with van der Waals surface area (Å²) < 4.78 is 6.57. The molecule has 1 aromatic heterocycles. The number of carbonyl (C=O) groups excluding carboxylic acids is 3. The second-order valence-electron chi connectivity index (χ2n) is 7.29. The first-order valence-corrected chi connectivity index (χ1v) is 10.8. The van der Waals surface area contributed by atoms with E-state index in [0.717, 1.165) is 12.8 Å². The van der Waals surface area contributed by atoms with Crippen molar-refractivity contribution >= 4 is 35.1 Å². The molecule has 0 aliphatic carbocycles. The van der Waals surface area contributed by atoms with Crippen LogP contribution in [0.3, 0.4) is 0 Å². The van der Waals surface area contributed by atoms with E-state index in [9.17, 15) is 19.5 Å². The van der Waals surface area contributed by atoms with Crippen molar-refractivity contribution in [2.24, 2.45) is 0 Å². The van der Waals surface area contributed by atoms with Gasteiger partial charge in [0.15, 0.2) is 10.8 Å². The second kappa shape index (κ2) is 12.7. The van der Waals surface area contributed by atoms with E-state index in [1.54, 1.807) is 34.9 Å². The molecule has 3 rings (SSSR count). The minimum absolute atomic E-state index is 0. The summed E-state index contributed by atoms with van der Waals surface area (Å²) in [5.74, 6) is -2.01. The summed E-state index contributed by atoms with van der Waals surface area (Å²) in [5, 5.41) is 14.2. The van der Waals surface area contributed by atoms with Crippen molar-refractivity contribution in [2.45, 2.75) is 32.7 Å². The third-order valence-corrected chi connectivity index (χ3v) is 5.39. The molecule has 10 heteroatoms. The molecule has 0 radical (unpaired) electrons. The summed E-state index contributed by atoms with van der Waals surface area (Å²) >= 11 is 6.26. The SMILES string of the molecule is CCCCc1nc(Cl)c(C(=O)OC)n1Cc1ccccc1NC(=O)c1ccccc1C(=O)[O-].[Na+]. The number of nitrogens with one attached hydrogen (secondary N) is 1. The van der Waals surface area contributed by atoms with E-state index >= 15 is 0 Å². The van der Waals surface area contributed by atoms with Crippen LogP contribution in [0.2, 0.25) is 5.15 Å². The summed E-state index contributed by atoms with van der Waals surface area (Å²) in [6.07, 6.45) is 2.40. The van der Waals surface area contributed by atoms with Crippen LogP contribution in [-0.4, -0.2) is 34.5 Å². The molecule has 0 fully saturated rings. The summed E-state index contributed by atoms with van der Waals surface area (Å²) in [5.41, 5.74) is 1.04. The molecule has 3 aromatic rings. The topological polar surface area (TPSA) is 113 Å². The van der Waals surface area contributed by atoms with Gasteiger partial charge in [0.1, 0.15) is 5.82 Å². The van der Waals surface area contributed by atoms with Crippen molar-refractivity contribution in [3.8, 4) is 0 Å². The summed E-state index contributed by atoms with van der Waals surface area (Å²) in [6, 6.07) is 12.8. The standard InChI is InChI=1S/C24H24ClN3O5.Na/c1-3-4-13-19-27-21(25)20(24(32)33-2)28(19)14-15-9-5-8-12-18(15)26-22(29)16-10-6-7-11-17(16)23(30)31;/h5-12H,3-4,13-14H2,1-2H3,(H,26,29)(H,30,31);/q;+1/p-1. The van der Waals surface area contributed by atoms with Gasteiger partial charge >= 0.3 is 35.5 Å². The number of hydrogen-bond acceptors (Lipinski definition) is 6. The minimum Gasteiger partial charge on any atom is -0.545 e. The molecule has 34 heavy (non-hydrogen) atoms. The molecule has 1 heterocycles. The van der Waals surface area contributed by atoms with Gasteiger partial charge in [-0.1, -0.05) is 61.3 Å². The molecule has 1 N–H and O–H groups in total. The third kappa shape index (κ3) is 6.27. The Hall–Kier alpha value is -2.65. The molecule has 0 aliphatic heterocycles. The average Bonchev–Trinajstić information content (AvgIpc) is 3.12. The zero-order valence-electron chi connectivity index (χ0n) is 19.3. The number of unbranched alkanes of at least 4 members (excludes halogenated alkanes) is 1. The van der Waals surface area contributed by atoms with Crippen LogP contribution in [0.1, 0.15) is 62.4 Å². The largest absolute Gasteiger partial charge is 1.00 e. The number of methoxy groups -OCH3 is 1. The number of hydrogen-bond donors (Lipinski definition) is 1. The predicted octanol–water partition coefficient (Wildman–Crippen LogP) is 0.334. The van der Waals surface area contributed by atoms with Gasteiger partial charge < -0.3 is 24.5 Å². The quantitative estimate of drug-likeness (QED) is 0.341. The number of anilines is 1. The fraction of sp³-hybridized carbons (Fsp3) is 0.250. The van der Waals surface area contributed by atoms with Gasteiger partial charge in [0.25, 0.3) is 5.91 Å². The second-order valence-corrected chi connectivity index (χ2v) is 7.65. The molecule has 0 atom stereocenters. The molecule has 8 nitrogen and oxygen atoms in total. The normalized spacial score (nSPS) is 10.3. The number of carboxylic acid groups (broad SMARTS) is 1. The third-order valence-electron chi connectivity index (χ3n) is 5.12. The van der Waals surface area contributed by atoms with Gasteiger partial charge in [-0.2, -0.15) is 0 Å². The molecule has 0 spiro atoms. The van der Waals surface area contributed by atoms with E-state index in [-0.39, 0.29) is 58.1 Å². The van der Waals surface area contributed by atoms with E-state index in [0.29, 0.717) is 23.5 Å². The number of amides is 1. The van der Waals surface area contributed by atoms with Crippen molar-refractivity contribution in [3.63, 3.8) is 0 Å². The van der Waals surface area contributed by atoms with Gasteiger partial charge in [0.2, 0.25) is 0 Å². The number of imidazole rings is 1. The first-order chi connectivity index (χ1) is 15.9. The van der Waals surface area contributed by atoms with E-state index in [1.165, 1.54) is 25.3 Å². The predicted molar refractivity (Wildman–Crippen MR) is 121 cm³/mol. The zero-order valence-corrected chi connectivity index (χ0v) is 22.0. The number of nitrogens with zero attached hydrogens (tertiary/aromatic N) is 2. The Morgan fingerprint density at radius 1 is 1.09 bits per heavy atom. The smallest absolute Gasteiger partial charge is 0.545 e. The minimum atomic E-state index is -1.44. The van der Waals surface area contributed by atoms with Gasteiger partial charge in [-0.15, -0.1) is 0 Å². The van der Waals surface area contributed by atoms with Gasteiger partial charge in [0, 0.05) is 23.2 Å². The molecule has 0 unspecified atom stereocenters. The number of rotatable bonds is 9. The fourth-order valence-electron chi connectivity index (χ4n) is 3.45. The molecule has 0 saturated carbocycles. The van der Waals surface area contributed by atoms with Crippen LogP contribution in [0.4, 0.5) is 5.69 Å². The molecule has 0 bridgehead atoms. The first kappa shape index (κ1) is 27.6. The number of benzene rings is 2. The molecular formula is C24H23ClN3NaO5. The van der Waals surface area contributed by atoms with Crippen LogP contribution in [0, 0.1) is 0 Å². The number of aryl methyl sites for hydroxylation is 1. The van der Waals surface area contributed by atoms with E-state index < -0.39 is 17.8 Å². The Kier molecular flexibility index (Phi) is 10.3. The fourth-order valence-corrected chi connectivity index (χ4v) is 3.73. The number of esters is 1. The van der Waals surface area contributed by atoms with Crippen molar-refractivity contribution in [1.82, 2.24) is 9.55 Å². The number of para-hydroxylation sites is 1. The molecular weight excluding hydrogens is 469 g/mol. The molecule has 0 saturated heterocycles. The van der Waals surface area contributed by atoms with E-state index in [4.69, 9.17) is 16.3 Å². The average molecular weight is 492 g/mol. The van der Waals surface area contributed by atoms with Crippen LogP contribution in [0.15, 0.2) is 48.5 Å². The molecule has 2 aromatic carbocycles. The van der Waals surface area contributed by atoms with Gasteiger partial charge in [0.05, 0.1) is 19.6 Å². The summed E-state index contributed by atoms with van der Waals surface area (Å²) in [7, 11) is 1.27. The Morgan fingerprint density at radius 2 is 1.74 bits per heavy atom. The Balaban J connectivity index is 0.00000408. The van der Waals surface area contributed by atoms with Gasteiger partial charge in [-0.3, -0.25) is 4.79 Å². The number of carbonyl (C=O) groups is 3. The van der Waals surface area contributed by atoms with Crippen molar-refractivity contribution < 1.29 is 53.8 Å². The van der Waals surface area contributed by atoms with Crippen LogP contribution < -0.4 is 40.0 Å². The monoisotopic (exact) mass is 491 g/mol. The molecule has 1 amide bonds. The maximum Gasteiger partial charge on any atom is 1.00 e. The number of ether oxygens (including phenoxy) is 1. The summed E-state index contributed by atoms with van der Waals surface area (Å²) in [4.78, 5) is 41.0. The van der Waals surface area contributed by atoms with Crippen molar-refractivity contribution in [1.29, 1.82) is 0 Å². The zero-order chi connectivity index (χ0) is 24.0. The Morgan fingerprint density at radius 3 is 2.38 bits per heavy atom. The maximum atomic E-state index is 12.9. The first-order valence-electron chi connectivity index (χ1n) is 10.4.